The lowest BCUT2D eigenvalue weighted by molar-refractivity contribution is 0.0753. The van der Waals surface area contributed by atoms with E-state index in [1.54, 1.807) is 0 Å². The third-order valence-corrected chi connectivity index (χ3v) is 4.93. The number of fused-ring (bicyclic) bond motifs is 2. The second-order valence-corrected chi connectivity index (χ2v) is 6.07. The number of piperidine rings is 1. The Morgan fingerprint density at radius 2 is 2.20 bits per heavy atom. The van der Waals surface area contributed by atoms with Crippen LogP contribution in [0.1, 0.15) is 44.9 Å². The highest BCUT2D eigenvalue weighted by atomic mass is 19.1. The Bertz CT molecular complexity index is 235. The van der Waals surface area contributed by atoms with Crippen LogP contribution in [0.5, 0.6) is 0 Å². The molecule has 86 valence electrons. The molecule has 1 heterocycles. The van der Waals surface area contributed by atoms with Crippen LogP contribution in [0.4, 0.5) is 4.39 Å². The van der Waals surface area contributed by atoms with Crippen LogP contribution in [0.2, 0.25) is 0 Å². The van der Waals surface area contributed by atoms with Crippen molar-refractivity contribution in [1.29, 1.82) is 0 Å². The molecule has 1 N–H and O–H groups in total. The second-order valence-electron chi connectivity index (χ2n) is 6.07. The van der Waals surface area contributed by atoms with Gasteiger partial charge in [-0.2, -0.15) is 0 Å². The minimum atomic E-state index is -0.868. The third kappa shape index (κ3) is 1.93. The van der Waals surface area contributed by atoms with Crippen LogP contribution in [0.3, 0.4) is 0 Å². The monoisotopic (exact) mass is 211 g/mol. The molecule has 1 saturated heterocycles. The molecule has 0 aromatic carbocycles. The van der Waals surface area contributed by atoms with Gasteiger partial charge in [-0.15, -0.1) is 0 Å². The van der Waals surface area contributed by atoms with Gasteiger partial charge in [0.25, 0.3) is 0 Å². The highest BCUT2D eigenvalue weighted by Crippen LogP contribution is 2.51. The van der Waals surface area contributed by atoms with Crippen LogP contribution in [0.25, 0.3) is 0 Å². The van der Waals surface area contributed by atoms with Gasteiger partial charge >= 0.3 is 0 Å². The molecule has 15 heavy (non-hydrogen) atoms. The highest BCUT2D eigenvalue weighted by Gasteiger charge is 2.44. The molecule has 1 nitrogen and oxygen atoms in total. The summed E-state index contributed by atoms with van der Waals surface area (Å²) in [5, 5.41) is 3.22. The molecule has 1 aliphatic heterocycles. The Kier molecular flexibility index (Phi) is 2.50. The van der Waals surface area contributed by atoms with E-state index < -0.39 is 5.67 Å². The number of halogens is 1. The molecule has 0 spiro atoms. The number of alkyl halides is 1. The van der Waals surface area contributed by atoms with Gasteiger partial charge in [-0.3, -0.25) is 0 Å². The third-order valence-electron chi connectivity index (χ3n) is 4.93. The summed E-state index contributed by atoms with van der Waals surface area (Å²) in [7, 11) is 0. The summed E-state index contributed by atoms with van der Waals surface area (Å²) in [5.41, 5.74) is -0.868. The van der Waals surface area contributed by atoms with E-state index in [0.717, 1.165) is 37.6 Å². The quantitative estimate of drug-likeness (QED) is 0.740. The Balaban J connectivity index is 1.60. The first-order valence-corrected chi connectivity index (χ1v) is 6.65. The molecule has 0 aromatic rings. The van der Waals surface area contributed by atoms with Crippen LogP contribution >= 0.6 is 0 Å². The van der Waals surface area contributed by atoms with E-state index in [0.29, 0.717) is 12.5 Å². The van der Waals surface area contributed by atoms with Crippen molar-refractivity contribution in [3.05, 3.63) is 0 Å². The first-order chi connectivity index (χ1) is 7.25. The van der Waals surface area contributed by atoms with E-state index in [4.69, 9.17) is 0 Å². The van der Waals surface area contributed by atoms with Gasteiger partial charge in [0.1, 0.15) is 5.67 Å². The van der Waals surface area contributed by atoms with Crippen LogP contribution in [0, 0.1) is 17.8 Å². The van der Waals surface area contributed by atoms with Crippen molar-refractivity contribution >= 4 is 0 Å². The molecule has 0 amide bonds. The molecule has 3 aliphatic rings. The van der Waals surface area contributed by atoms with Crippen molar-refractivity contribution in [3.8, 4) is 0 Å². The molecule has 3 fully saturated rings. The average Bonchev–Trinajstić information content (AvgIpc) is 2.79. The number of rotatable bonds is 2. The summed E-state index contributed by atoms with van der Waals surface area (Å²) in [5.74, 6) is 2.55. The first kappa shape index (κ1) is 10.1. The van der Waals surface area contributed by atoms with Gasteiger partial charge in [0.05, 0.1) is 0 Å². The summed E-state index contributed by atoms with van der Waals surface area (Å²) in [6, 6.07) is 0. The molecule has 4 unspecified atom stereocenters. The topological polar surface area (TPSA) is 12.0 Å². The zero-order valence-corrected chi connectivity index (χ0v) is 9.47. The predicted molar refractivity (Wildman–Crippen MR) is 59.5 cm³/mol. The van der Waals surface area contributed by atoms with Crippen molar-refractivity contribution < 1.29 is 4.39 Å². The number of nitrogens with one attached hydrogen (secondary N) is 1. The van der Waals surface area contributed by atoms with Gasteiger partial charge < -0.3 is 5.32 Å². The molecule has 0 aromatic heterocycles. The van der Waals surface area contributed by atoms with Gasteiger partial charge in [0, 0.05) is 6.54 Å². The van der Waals surface area contributed by atoms with Crippen molar-refractivity contribution in [2.24, 2.45) is 17.8 Å². The SMILES string of the molecule is FC1(CC2CC3CCC2C3)CCCNC1. The molecule has 3 rings (SSSR count). The van der Waals surface area contributed by atoms with E-state index in [-0.39, 0.29) is 0 Å². The average molecular weight is 211 g/mol. The van der Waals surface area contributed by atoms with Crippen molar-refractivity contribution in [2.75, 3.05) is 13.1 Å². The van der Waals surface area contributed by atoms with Gasteiger partial charge in [-0.05, 0) is 62.8 Å². The Morgan fingerprint density at radius 3 is 2.80 bits per heavy atom. The fraction of sp³-hybridized carbons (Fsp3) is 1.00. The second kappa shape index (κ2) is 3.73. The first-order valence-electron chi connectivity index (χ1n) is 6.65. The van der Waals surface area contributed by atoms with Gasteiger partial charge in [-0.25, -0.2) is 4.39 Å². The summed E-state index contributed by atoms with van der Waals surface area (Å²) < 4.78 is 14.5. The molecular weight excluding hydrogens is 189 g/mol. The maximum absolute atomic E-state index is 14.5. The summed E-state index contributed by atoms with van der Waals surface area (Å²) in [4.78, 5) is 0. The highest BCUT2D eigenvalue weighted by molar-refractivity contribution is 4.96. The van der Waals surface area contributed by atoms with Crippen LogP contribution in [0.15, 0.2) is 0 Å². The lowest BCUT2D eigenvalue weighted by Crippen LogP contribution is -2.43. The van der Waals surface area contributed by atoms with Gasteiger partial charge in [-0.1, -0.05) is 6.42 Å². The van der Waals surface area contributed by atoms with Crippen molar-refractivity contribution in [3.63, 3.8) is 0 Å². The van der Waals surface area contributed by atoms with E-state index >= 15 is 0 Å². The predicted octanol–water partition coefficient (Wildman–Crippen LogP) is 2.90. The molecule has 2 saturated carbocycles. The molecular formula is C13H22FN. The fourth-order valence-electron chi connectivity index (χ4n) is 4.20. The fourth-order valence-corrected chi connectivity index (χ4v) is 4.20. The Labute approximate surface area is 91.8 Å². The van der Waals surface area contributed by atoms with Crippen molar-refractivity contribution in [2.45, 2.75) is 50.6 Å². The number of hydrogen-bond acceptors (Lipinski definition) is 1. The molecule has 0 radical (unpaired) electrons. The van der Waals surface area contributed by atoms with Crippen LogP contribution < -0.4 is 5.32 Å². The maximum atomic E-state index is 14.5. The zero-order chi connectivity index (χ0) is 10.3. The minimum absolute atomic E-state index is 0.612. The Hall–Kier alpha value is -0.110. The van der Waals surface area contributed by atoms with Crippen molar-refractivity contribution in [1.82, 2.24) is 5.32 Å². The van der Waals surface area contributed by atoms with E-state index in [1.165, 1.54) is 25.7 Å². The largest absolute Gasteiger partial charge is 0.314 e. The molecule has 2 aliphatic carbocycles. The number of hydrogen-bond donors (Lipinski definition) is 1. The molecule has 4 atom stereocenters. The van der Waals surface area contributed by atoms with E-state index in [9.17, 15) is 4.39 Å². The normalized spacial score (nSPS) is 49.8. The summed E-state index contributed by atoms with van der Waals surface area (Å²) >= 11 is 0. The van der Waals surface area contributed by atoms with E-state index in [2.05, 4.69) is 5.32 Å². The minimum Gasteiger partial charge on any atom is -0.314 e. The Morgan fingerprint density at radius 1 is 1.27 bits per heavy atom. The van der Waals surface area contributed by atoms with Crippen LogP contribution in [-0.2, 0) is 0 Å². The summed E-state index contributed by atoms with van der Waals surface area (Å²) in [6.07, 6.45) is 8.23. The standard InChI is InChI=1S/C13H22FN/c14-13(4-1-5-15-9-13)8-12-7-10-2-3-11(12)6-10/h10-12,15H,1-9H2. The smallest absolute Gasteiger partial charge is 0.123 e. The summed E-state index contributed by atoms with van der Waals surface area (Å²) in [6.45, 7) is 1.63. The van der Waals surface area contributed by atoms with Gasteiger partial charge in [0.15, 0.2) is 0 Å². The maximum Gasteiger partial charge on any atom is 0.123 e. The molecule has 2 bridgehead atoms. The van der Waals surface area contributed by atoms with Crippen LogP contribution in [-0.4, -0.2) is 18.8 Å². The van der Waals surface area contributed by atoms with E-state index in [1.807, 2.05) is 0 Å². The lowest BCUT2D eigenvalue weighted by Gasteiger charge is -2.34. The zero-order valence-electron chi connectivity index (χ0n) is 9.47. The lowest BCUT2D eigenvalue weighted by atomic mass is 9.78. The van der Waals surface area contributed by atoms with Gasteiger partial charge in [0.2, 0.25) is 0 Å². The molecule has 2 heteroatoms.